The van der Waals surface area contributed by atoms with E-state index in [1.54, 1.807) is 52.0 Å². The normalized spacial score (nSPS) is 12.0. The molecule has 0 spiro atoms. The standard InChI is InChI=1S/C19H25NO4/c1-7-15(14(3)20-18(22)24-19(4,5)6)12-23-17-10-8-9-16(11-21)13(17)2/h7-11H,1,12H2,2-6H3,(H,20,22)/b15-14-. The monoisotopic (exact) mass is 331 g/mol. The maximum atomic E-state index is 11.8. The fraction of sp³-hybridized carbons (Fsp3) is 0.368. The van der Waals surface area contributed by atoms with Crippen LogP contribution in [0.1, 0.15) is 43.6 Å². The number of allylic oxidation sites excluding steroid dienone is 1. The largest absolute Gasteiger partial charge is 0.489 e. The first-order valence-corrected chi connectivity index (χ1v) is 7.67. The molecular formula is C19H25NO4. The first-order valence-electron chi connectivity index (χ1n) is 7.67. The van der Waals surface area contributed by atoms with Crippen LogP contribution in [-0.2, 0) is 4.74 Å². The van der Waals surface area contributed by atoms with E-state index >= 15 is 0 Å². The lowest BCUT2D eigenvalue weighted by atomic mass is 10.1. The van der Waals surface area contributed by atoms with Crippen molar-refractivity contribution in [2.24, 2.45) is 0 Å². The minimum absolute atomic E-state index is 0.217. The number of alkyl carbamates (subject to hydrolysis) is 1. The van der Waals surface area contributed by atoms with Gasteiger partial charge in [-0.25, -0.2) is 4.79 Å². The van der Waals surface area contributed by atoms with Crippen molar-refractivity contribution in [1.82, 2.24) is 5.32 Å². The number of carbonyl (C=O) groups excluding carboxylic acids is 2. The third-order valence-electron chi connectivity index (χ3n) is 3.25. The van der Waals surface area contributed by atoms with E-state index in [4.69, 9.17) is 9.47 Å². The van der Waals surface area contributed by atoms with Crippen LogP contribution in [-0.4, -0.2) is 24.6 Å². The van der Waals surface area contributed by atoms with E-state index < -0.39 is 11.7 Å². The average Bonchev–Trinajstić information content (AvgIpc) is 2.47. The molecule has 0 aliphatic rings. The molecular weight excluding hydrogens is 306 g/mol. The fourth-order valence-corrected chi connectivity index (χ4v) is 1.93. The molecule has 1 amide bonds. The first kappa shape index (κ1) is 19.5. The number of hydrogen-bond donors (Lipinski definition) is 1. The van der Waals surface area contributed by atoms with Crippen LogP contribution in [0.4, 0.5) is 4.79 Å². The molecule has 0 heterocycles. The molecule has 0 radical (unpaired) electrons. The summed E-state index contributed by atoms with van der Waals surface area (Å²) in [7, 11) is 0. The summed E-state index contributed by atoms with van der Waals surface area (Å²) in [5, 5.41) is 2.67. The average molecular weight is 331 g/mol. The van der Waals surface area contributed by atoms with Crippen LogP contribution in [0, 0.1) is 6.92 Å². The van der Waals surface area contributed by atoms with Crippen molar-refractivity contribution < 1.29 is 19.1 Å². The van der Waals surface area contributed by atoms with Crippen LogP contribution in [0.15, 0.2) is 42.1 Å². The molecule has 0 saturated carbocycles. The minimum Gasteiger partial charge on any atom is -0.489 e. The summed E-state index contributed by atoms with van der Waals surface area (Å²) in [6.07, 6.45) is 1.88. The Morgan fingerprint density at radius 1 is 1.33 bits per heavy atom. The Balaban J connectivity index is 2.81. The number of aldehydes is 1. The SMILES string of the molecule is C=C/C(COc1cccc(C=O)c1C)=C(\C)NC(=O)OC(C)(C)C. The van der Waals surface area contributed by atoms with Gasteiger partial charge in [0.25, 0.3) is 0 Å². The second kappa shape index (κ2) is 8.34. The summed E-state index contributed by atoms with van der Waals surface area (Å²) in [6.45, 7) is 12.9. The summed E-state index contributed by atoms with van der Waals surface area (Å²) in [5.41, 5.74) is 2.11. The quantitative estimate of drug-likeness (QED) is 0.627. The molecule has 0 bridgehead atoms. The summed E-state index contributed by atoms with van der Waals surface area (Å²) < 4.78 is 11.0. The van der Waals surface area contributed by atoms with Crippen LogP contribution in [0.5, 0.6) is 5.75 Å². The molecule has 0 aliphatic heterocycles. The minimum atomic E-state index is -0.568. The molecule has 0 atom stereocenters. The van der Waals surface area contributed by atoms with Gasteiger partial charge in [0, 0.05) is 22.4 Å². The lowest BCUT2D eigenvalue weighted by molar-refractivity contribution is 0.0545. The zero-order valence-electron chi connectivity index (χ0n) is 14.9. The van der Waals surface area contributed by atoms with Gasteiger partial charge in [-0.05, 0) is 40.7 Å². The number of hydrogen-bond acceptors (Lipinski definition) is 4. The predicted octanol–water partition coefficient (Wildman–Crippen LogP) is 4.17. The van der Waals surface area contributed by atoms with Crippen molar-refractivity contribution in [3.63, 3.8) is 0 Å². The van der Waals surface area contributed by atoms with Gasteiger partial charge in [0.1, 0.15) is 24.2 Å². The van der Waals surface area contributed by atoms with Gasteiger partial charge in [-0.1, -0.05) is 24.8 Å². The highest BCUT2D eigenvalue weighted by molar-refractivity contribution is 5.78. The number of carbonyl (C=O) groups is 2. The van der Waals surface area contributed by atoms with Crippen LogP contribution in [0.3, 0.4) is 0 Å². The molecule has 1 N–H and O–H groups in total. The van der Waals surface area contributed by atoms with Crippen molar-refractivity contribution in [2.75, 3.05) is 6.61 Å². The highest BCUT2D eigenvalue weighted by Crippen LogP contribution is 2.21. The van der Waals surface area contributed by atoms with Crippen molar-refractivity contribution in [2.45, 2.75) is 40.2 Å². The van der Waals surface area contributed by atoms with Gasteiger partial charge in [0.05, 0.1) is 0 Å². The number of rotatable bonds is 6. The zero-order valence-corrected chi connectivity index (χ0v) is 14.9. The summed E-state index contributed by atoms with van der Waals surface area (Å²) in [6, 6.07) is 5.28. The van der Waals surface area contributed by atoms with Crippen molar-refractivity contribution in [3.05, 3.63) is 53.3 Å². The predicted molar refractivity (Wildman–Crippen MR) is 94.3 cm³/mol. The van der Waals surface area contributed by atoms with Gasteiger partial charge in [0.15, 0.2) is 0 Å². The Morgan fingerprint density at radius 3 is 2.54 bits per heavy atom. The van der Waals surface area contributed by atoms with E-state index in [1.165, 1.54) is 0 Å². The van der Waals surface area contributed by atoms with Crippen molar-refractivity contribution in [1.29, 1.82) is 0 Å². The molecule has 0 unspecified atom stereocenters. The topological polar surface area (TPSA) is 64.6 Å². The van der Waals surface area contributed by atoms with Crippen molar-refractivity contribution in [3.8, 4) is 5.75 Å². The number of amides is 1. The molecule has 24 heavy (non-hydrogen) atoms. The Labute approximate surface area is 143 Å². The molecule has 5 heteroatoms. The molecule has 0 saturated heterocycles. The zero-order chi connectivity index (χ0) is 18.3. The van der Waals surface area contributed by atoms with E-state index in [2.05, 4.69) is 11.9 Å². The summed E-state index contributed by atoms with van der Waals surface area (Å²) >= 11 is 0. The van der Waals surface area contributed by atoms with E-state index in [0.29, 0.717) is 17.0 Å². The third kappa shape index (κ3) is 5.91. The molecule has 1 rings (SSSR count). The summed E-state index contributed by atoms with van der Waals surface area (Å²) in [4.78, 5) is 22.8. The number of benzene rings is 1. The molecule has 5 nitrogen and oxygen atoms in total. The van der Waals surface area contributed by atoms with Crippen molar-refractivity contribution >= 4 is 12.4 Å². The van der Waals surface area contributed by atoms with E-state index in [0.717, 1.165) is 17.4 Å². The van der Waals surface area contributed by atoms with Gasteiger partial charge in [-0.15, -0.1) is 0 Å². The summed E-state index contributed by atoms with van der Waals surface area (Å²) in [5.74, 6) is 0.615. The maximum Gasteiger partial charge on any atom is 0.411 e. The highest BCUT2D eigenvalue weighted by atomic mass is 16.6. The smallest absolute Gasteiger partial charge is 0.411 e. The van der Waals surface area contributed by atoms with Gasteiger partial charge in [0.2, 0.25) is 0 Å². The van der Waals surface area contributed by atoms with Crippen LogP contribution < -0.4 is 10.1 Å². The van der Waals surface area contributed by atoms with E-state index in [1.807, 2.05) is 6.92 Å². The maximum absolute atomic E-state index is 11.8. The Morgan fingerprint density at radius 2 is 2.00 bits per heavy atom. The van der Waals surface area contributed by atoms with Crippen LogP contribution in [0.25, 0.3) is 0 Å². The molecule has 0 aliphatic carbocycles. The first-order chi connectivity index (χ1) is 11.2. The second-order valence-corrected chi connectivity index (χ2v) is 6.36. The fourth-order valence-electron chi connectivity index (χ4n) is 1.93. The second-order valence-electron chi connectivity index (χ2n) is 6.36. The van der Waals surface area contributed by atoms with Gasteiger partial charge < -0.3 is 9.47 Å². The lowest BCUT2D eigenvalue weighted by Crippen LogP contribution is -2.32. The lowest BCUT2D eigenvalue weighted by Gasteiger charge is -2.20. The third-order valence-corrected chi connectivity index (χ3v) is 3.25. The Kier molecular flexibility index (Phi) is 6.77. The number of ether oxygens (including phenoxy) is 2. The van der Waals surface area contributed by atoms with E-state index in [-0.39, 0.29) is 6.61 Å². The molecule has 1 aromatic carbocycles. The van der Waals surface area contributed by atoms with Gasteiger partial charge in [-0.3, -0.25) is 10.1 Å². The van der Waals surface area contributed by atoms with Crippen LogP contribution in [0.2, 0.25) is 0 Å². The van der Waals surface area contributed by atoms with Crippen LogP contribution >= 0.6 is 0 Å². The van der Waals surface area contributed by atoms with Gasteiger partial charge in [-0.2, -0.15) is 0 Å². The number of nitrogens with one attached hydrogen (secondary N) is 1. The Bertz CT molecular complexity index is 654. The molecule has 1 aromatic rings. The Hall–Kier alpha value is -2.56. The van der Waals surface area contributed by atoms with Gasteiger partial charge >= 0.3 is 6.09 Å². The molecule has 130 valence electrons. The van der Waals surface area contributed by atoms with E-state index in [9.17, 15) is 9.59 Å². The highest BCUT2D eigenvalue weighted by Gasteiger charge is 2.16. The molecule has 0 aromatic heterocycles. The molecule has 0 fully saturated rings.